The Morgan fingerprint density at radius 2 is 2.00 bits per heavy atom. The van der Waals surface area contributed by atoms with Crippen molar-refractivity contribution in [2.75, 3.05) is 11.1 Å². The Labute approximate surface area is 131 Å². The summed E-state index contributed by atoms with van der Waals surface area (Å²) in [6, 6.07) is 7.79. The number of benzene rings is 1. The Morgan fingerprint density at radius 1 is 1.26 bits per heavy atom. The maximum absolute atomic E-state index is 12.2. The predicted molar refractivity (Wildman–Crippen MR) is 82.9 cm³/mol. The van der Waals surface area contributed by atoms with Crippen LogP contribution in [0, 0.1) is 0 Å². The number of carboxylic acids is 1. The lowest BCUT2D eigenvalue weighted by Gasteiger charge is -2.09. The zero-order valence-electron chi connectivity index (χ0n) is 11.9. The van der Waals surface area contributed by atoms with Crippen molar-refractivity contribution in [2.45, 2.75) is 6.54 Å². The van der Waals surface area contributed by atoms with Crippen LogP contribution in [0.5, 0.6) is 0 Å². The smallest absolute Gasteiger partial charge is 0.337 e. The van der Waals surface area contributed by atoms with Crippen LogP contribution in [-0.4, -0.2) is 28.4 Å². The van der Waals surface area contributed by atoms with Gasteiger partial charge in [-0.2, -0.15) is 0 Å². The molecule has 5 N–H and O–H groups in total. The molecule has 8 heteroatoms. The molecule has 2 amide bonds. The van der Waals surface area contributed by atoms with Gasteiger partial charge in [-0.3, -0.25) is 14.6 Å². The molecule has 8 nitrogen and oxygen atoms in total. The van der Waals surface area contributed by atoms with Crippen LogP contribution < -0.4 is 16.4 Å². The number of anilines is 2. The molecule has 118 valence electrons. The molecule has 0 fully saturated rings. The molecule has 0 unspecified atom stereocenters. The zero-order valence-corrected chi connectivity index (χ0v) is 11.9. The van der Waals surface area contributed by atoms with E-state index < -0.39 is 11.9 Å². The molecule has 0 bridgehead atoms. The molecular formula is C15H14N4O4. The van der Waals surface area contributed by atoms with E-state index in [0.29, 0.717) is 17.8 Å². The molecule has 1 aromatic heterocycles. The van der Waals surface area contributed by atoms with Crippen LogP contribution in [0.15, 0.2) is 36.5 Å². The van der Waals surface area contributed by atoms with Crippen molar-refractivity contribution < 1.29 is 19.5 Å². The van der Waals surface area contributed by atoms with Gasteiger partial charge in [-0.1, -0.05) is 12.1 Å². The van der Waals surface area contributed by atoms with Gasteiger partial charge in [-0.25, -0.2) is 4.79 Å². The van der Waals surface area contributed by atoms with Gasteiger partial charge < -0.3 is 21.5 Å². The first-order valence-corrected chi connectivity index (χ1v) is 6.58. The standard InChI is InChI=1S/C15H14N4O4/c16-12-7-17-9(5-11(12)15(22)23)6-18-14(21)10-3-1-2-4-13(10)19-8-20/h1-5,7-8H,6,16H2,(H,18,21)(H,19,20)(H,22,23). The molecule has 0 aliphatic heterocycles. The van der Waals surface area contributed by atoms with Crippen molar-refractivity contribution in [1.82, 2.24) is 10.3 Å². The molecule has 2 aromatic rings. The van der Waals surface area contributed by atoms with Gasteiger partial charge in [0.2, 0.25) is 6.41 Å². The number of aromatic carboxylic acids is 1. The second kappa shape index (κ2) is 7.03. The summed E-state index contributed by atoms with van der Waals surface area (Å²) in [5, 5.41) is 14.0. The SMILES string of the molecule is Nc1cnc(CNC(=O)c2ccccc2NC=O)cc1C(=O)O. The van der Waals surface area contributed by atoms with E-state index in [-0.39, 0.29) is 23.4 Å². The van der Waals surface area contributed by atoms with Crippen LogP contribution in [0.4, 0.5) is 11.4 Å². The molecule has 0 aliphatic carbocycles. The van der Waals surface area contributed by atoms with E-state index in [2.05, 4.69) is 15.6 Å². The topological polar surface area (TPSA) is 134 Å². The first-order valence-electron chi connectivity index (χ1n) is 6.58. The van der Waals surface area contributed by atoms with Gasteiger partial charge in [0.15, 0.2) is 0 Å². The number of hydrogen-bond acceptors (Lipinski definition) is 5. The van der Waals surface area contributed by atoms with Crippen molar-refractivity contribution in [2.24, 2.45) is 0 Å². The fourth-order valence-corrected chi connectivity index (χ4v) is 1.93. The molecule has 2 rings (SSSR count). The van der Waals surface area contributed by atoms with Crippen LogP contribution in [0.25, 0.3) is 0 Å². The second-order valence-electron chi connectivity index (χ2n) is 4.56. The summed E-state index contributed by atoms with van der Waals surface area (Å²) >= 11 is 0. The van der Waals surface area contributed by atoms with Gasteiger partial charge in [-0.05, 0) is 18.2 Å². The van der Waals surface area contributed by atoms with Crippen molar-refractivity contribution in [3.8, 4) is 0 Å². The molecule has 1 aromatic carbocycles. The fraction of sp³-hybridized carbons (Fsp3) is 0.0667. The molecule has 0 radical (unpaired) electrons. The van der Waals surface area contributed by atoms with E-state index in [1.54, 1.807) is 24.3 Å². The summed E-state index contributed by atoms with van der Waals surface area (Å²) in [5.41, 5.74) is 6.50. The molecule has 1 heterocycles. The highest BCUT2D eigenvalue weighted by molar-refractivity contribution is 6.01. The molecule has 0 spiro atoms. The van der Waals surface area contributed by atoms with E-state index in [1.807, 2.05) is 0 Å². The lowest BCUT2D eigenvalue weighted by atomic mass is 10.1. The van der Waals surface area contributed by atoms with Gasteiger partial charge in [0.05, 0.1) is 40.9 Å². The number of para-hydroxylation sites is 1. The number of aromatic nitrogens is 1. The Bertz CT molecular complexity index is 761. The quantitative estimate of drug-likeness (QED) is 0.584. The number of nitrogen functional groups attached to an aromatic ring is 1. The number of rotatable bonds is 6. The summed E-state index contributed by atoms with van der Waals surface area (Å²) in [5.74, 6) is -1.59. The lowest BCUT2D eigenvalue weighted by Crippen LogP contribution is -2.24. The van der Waals surface area contributed by atoms with E-state index >= 15 is 0 Å². The third-order valence-corrected chi connectivity index (χ3v) is 3.04. The summed E-state index contributed by atoms with van der Waals surface area (Å²) in [4.78, 5) is 37.7. The van der Waals surface area contributed by atoms with Crippen LogP contribution in [0.3, 0.4) is 0 Å². The minimum absolute atomic E-state index is 0.0226. The molecular weight excluding hydrogens is 300 g/mol. The highest BCUT2D eigenvalue weighted by Crippen LogP contribution is 2.15. The van der Waals surface area contributed by atoms with Crippen molar-refractivity contribution in [3.05, 3.63) is 53.3 Å². The third-order valence-electron chi connectivity index (χ3n) is 3.04. The van der Waals surface area contributed by atoms with E-state index in [9.17, 15) is 14.4 Å². The number of carboxylic acid groups (broad SMARTS) is 1. The van der Waals surface area contributed by atoms with Crippen LogP contribution >= 0.6 is 0 Å². The number of hydrogen-bond donors (Lipinski definition) is 4. The minimum Gasteiger partial charge on any atom is -0.478 e. The Balaban J connectivity index is 2.12. The fourth-order valence-electron chi connectivity index (χ4n) is 1.93. The Kier molecular flexibility index (Phi) is 4.88. The van der Waals surface area contributed by atoms with Crippen LogP contribution in [0.1, 0.15) is 26.4 Å². The molecule has 23 heavy (non-hydrogen) atoms. The number of nitrogens with one attached hydrogen (secondary N) is 2. The number of carbonyl (C=O) groups is 3. The Hall–Kier alpha value is -3.42. The summed E-state index contributed by atoms with van der Waals surface area (Å²) in [6.07, 6.45) is 1.71. The van der Waals surface area contributed by atoms with Crippen molar-refractivity contribution in [3.63, 3.8) is 0 Å². The lowest BCUT2D eigenvalue weighted by molar-refractivity contribution is -0.105. The van der Waals surface area contributed by atoms with Crippen molar-refractivity contribution in [1.29, 1.82) is 0 Å². The minimum atomic E-state index is -1.17. The van der Waals surface area contributed by atoms with Crippen LogP contribution in [0.2, 0.25) is 0 Å². The van der Waals surface area contributed by atoms with Gasteiger partial charge in [-0.15, -0.1) is 0 Å². The maximum atomic E-state index is 12.2. The first-order chi connectivity index (χ1) is 11.0. The number of amides is 2. The predicted octanol–water partition coefficient (Wildman–Crippen LogP) is 0.860. The highest BCUT2D eigenvalue weighted by Gasteiger charge is 2.13. The van der Waals surface area contributed by atoms with Gasteiger partial charge in [0, 0.05) is 0 Å². The average Bonchev–Trinajstić information content (AvgIpc) is 2.54. The largest absolute Gasteiger partial charge is 0.478 e. The number of carbonyl (C=O) groups excluding carboxylic acids is 2. The van der Waals surface area contributed by atoms with Crippen LogP contribution in [-0.2, 0) is 11.3 Å². The highest BCUT2D eigenvalue weighted by atomic mass is 16.4. The summed E-state index contributed by atoms with van der Waals surface area (Å²) in [6.45, 7) is 0.0226. The monoisotopic (exact) mass is 314 g/mol. The Morgan fingerprint density at radius 3 is 2.70 bits per heavy atom. The third kappa shape index (κ3) is 3.82. The molecule has 0 saturated heterocycles. The first kappa shape index (κ1) is 16.0. The van der Waals surface area contributed by atoms with E-state index in [1.165, 1.54) is 12.3 Å². The number of pyridine rings is 1. The van der Waals surface area contributed by atoms with E-state index in [0.717, 1.165) is 0 Å². The van der Waals surface area contributed by atoms with Gasteiger partial charge >= 0.3 is 5.97 Å². The number of nitrogens with zero attached hydrogens (tertiary/aromatic N) is 1. The normalized spacial score (nSPS) is 9.91. The van der Waals surface area contributed by atoms with Gasteiger partial charge in [0.1, 0.15) is 0 Å². The second-order valence-corrected chi connectivity index (χ2v) is 4.56. The summed E-state index contributed by atoms with van der Waals surface area (Å²) in [7, 11) is 0. The molecule has 0 atom stereocenters. The van der Waals surface area contributed by atoms with E-state index in [4.69, 9.17) is 10.8 Å². The summed E-state index contributed by atoms with van der Waals surface area (Å²) < 4.78 is 0. The zero-order chi connectivity index (χ0) is 16.8. The molecule has 0 aliphatic rings. The van der Waals surface area contributed by atoms with Gasteiger partial charge in [0.25, 0.3) is 5.91 Å². The average molecular weight is 314 g/mol. The van der Waals surface area contributed by atoms with Crippen molar-refractivity contribution >= 4 is 29.7 Å². The maximum Gasteiger partial charge on any atom is 0.337 e. The molecule has 0 saturated carbocycles. The number of nitrogens with two attached hydrogens (primary N) is 1.